The van der Waals surface area contributed by atoms with Crippen molar-refractivity contribution in [2.75, 3.05) is 11.2 Å². The summed E-state index contributed by atoms with van der Waals surface area (Å²) in [6, 6.07) is 7.29. The molecule has 16 heavy (non-hydrogen) atoms. The van der Waals surface area contributed by atoms with Gasteiger partial charge in [0.15, 0.2) is 5.17 Å². The molecule has 0 aromatic heterocycles. The number of carbonyl (C=O) groups is 1. The van der Waals surface area contributed by atoms with Gasteiger partial charge in [-0.05, 0) is 18.6 Å². The maximum absolute atomic E-state index is 11.2. The third-order valence-electron chi connectivity index (χ3n) is 1.72. The van der Waals surface area contributed by atoms with Crippen molar-refractivity contribution in [3.05, 3.63) is 29.8 Å². The topological polar surface area (TPSA) is 50.7 Å². The number of carbonyl (C=O) groups excluding carboxylic acids is 1. The number of hydrogen-bond donors (Lipinski definition) is 1. The summed E-state index contributed by atoms with van der Waals surface area (Å²) in [4.78, 5) is 15.7. The van der Waals surface area contributed by atoms with Crippen molar-refractivity contribution in [3.63, 3.8) is 0 Å². The molecule has 0 aliphatic heterocycles. The monoisotopic (exact) mass is 260 g/mol. The van der Waals surface area contributed by atoms with Crippen LogP contribution in [0, 0.1) is 6.92 Å². The molecule has 4 nitrogen and oxygen atoms in total. The fourth-order valence-electron chi connectivity index (χ4n) is 0.961. The van der Waals surface area contributed by atoms with Crippen LogP contribution in [0.1, 0.15) is 5.56 Å². The summed E-state index contributed by atoms with van der Waals surface area (Å²) in [6.45, 7) is 1.87. The van der Waals surface area contributed by atoms with E-state index in [0.29, 0.717) is 5.69 Å². The van der Waals surface area contributed by atoms with E-state index in [1.54, 1.807) is 12.1 Å². The van der Waals surface area contributed by atoms with Crippen molar-refractivity contribution in [2.45, 2.75) is 6.92 Å². The number of aryl methyl sites for hydroxylation is 1. The van der Waals surface area contributed by atoms with E-state index >= 15 is 0 Å². The molecule has 0 radical (unpaired) electrons. The molecule has 0 spiro atoms. The van der Waals surface area contributed by atoms with Crippen LogP contribution in [-0.2, 0) is 4.84 Å². The molecule has 0 fully saturated rings. The van der Waals surface area contributed by atoms with Crippen molar-refractivity contribution < 1.29 is 9.63 Å². The highest BCUT2D eigenvalue weighted by atomic mass is 35.5. The Morgan fingerprint density at radius 3 is 2.81 bits per heavy atom. The highest BCUT2D eigenvalue weighted by Gasteiger charge is 2.05. The van der Waals surface area contributed by atoms with Gasteiger partial charge < -0.3 is 0 Å². The summed E-state index contributed by atoms with van der Waals surface area (Å²) in [5, 5.41) is 5.84. The van der Waals surface area contributed by atoms with Crippen LogP contribution in [0.5, 0.6) is 0 Å². The Morgan fingerprint density at radius 2 is 2.19 bits per heavy atom. The number of para-hydroxylation sites is 1. The molecule has 1 aromatic carbocycles. The number of amides is 1. The van der Waals surface area contributed by atoms with Gasteiger partial charge in [-0.3, -0.25) is 10.2 Å². The van der Waals surface area contributed by atoms with Crippen molar-refractivity contribution in [2.24, 2.45) is 5.16 Å². The minimum atomic E-state index is -0.711. The molecule has 1 N–H and O–H groups in total. The second-order valence-electron chi connectivity index (χ2n) is 2.92. The van der Waals surface area contributed by atoms with Gasteiger partial charge in [0.25, 0.3) is 0 Å². The fraction of sp³-hybridized carbons (Fsp3) is 0.200. The lowest BCUT2D eigenvalue weighted by Gasteiger charge is -2.05. The lowest BCUT2D eigenvalue weighted by Crippen LogP contribution is -2.12. The summed E-state index contributed by atoms with van der Waals surface area (Å²) in [6.07, 6.45) is -0.711. The van der Waals surface area contributed by atoms with Crippen LogP contribution in [0.3, 0.4) is 0 Å². The van der Waals surface area contributed by atoms with Crippen molar-refractivity contribution >= 4 is 40.2 Å². The molecule has 1 amide bonds. The van der Waals surface area contributed by atoms with E-state index in [-0.39, 0.29) is 11.1 Å². The van der Waals surface area contributed by atoms with Gasteiger partial charge in [-0.25, -0.2) is 4.79 Å². The minimum absolute atomic E-state index is 0.000793. The Labute approximate surface area is 103 Å². The molecule has 0 atom stereocenters. The predicted molar refractivity (Wildman–Crippen MR) is 65.3 cm³/mol. The number of nitrogens with zero attached hydrogens (tertiary/aromatic N) is 1. The first-order chi connectivity index (χ1) is 7.63. The number of hydrogen-bond acceptors (Lipinski definition) is 3. The summed E-state index contributed by atoms with van der Waals surface area (Å²) >= 11 is 10.8. The van der Waals surface area contributed by atoms with Crippen LogP contribution in [0.4, 0.5) is 10.5 Å². The van der Waals surface area contributed by atoms with E-state index < -0.39 is 6.09 Å². The lowest BCUT2D eigenvalue weighted by atomic mass is 10.2. The number of anilines is 1. The van der Waals surface area contributed by atoms with E-state index in [1.165, 1.54) is 0 Å². The maximum Gasteiger partial charge on any atom is 0.437 e. The smallest absolute Gasteiger partial charge is 0.297 e. The fourth-order valence-corrected chi connectivity index (χ4v) is 1.04. The quantitative estimate of drug-likeness (QED) is 0.392. The Balaban J connectivity index is 2.56. The van der Waals surface area contributed by atoms with Crippen molar-refractivity contribution in [1.82, 2.24) is 0 Å². The Hall–Kier alpha value is -1.26. The van der Waals surface area contributed by atoms with Crippen molar-refractivity contribution in [1.29, 1.82) is 0 Å². The van der Waals surface area contributed by atoms with E-state index in [2.05, 4.69) is 15.3 Å². The van der Waals surface area contributed by atoms with E-state index in [4.69, 9.17) is 23.2 Å². The third kappa shape index (κ3) is 4.08. The molecule has 0 heterocycles. The number of oxime groups is 1. The molecule has 86 valence electrons. The van der Waals surface area contributed by atoms with Crippen LogP contribution in [0.2, 0.25) is 0 Å². The minimum Gasteiger partial charge on any atom is -0.297 e. The summed E-state index contributed by atoms with van der Waals surface area (Å²) in [5.74, 6) is -0.000793. The summed E-state index contributed by atoms with van der Waals surface area (Å²) in [7, 11) is 0. The largest absolute Gasteiger partial charge is 0.437 e. The molecular weight excluding hydrogens is 251 g/mol. The van der Waals surface area contributed by atoms with Gasteiger partial charge in [0.05, 0.1) is 5.88 Å². The molecule has 0 aliphatic carbocycles. The van der Waals surface area contributed by atoms with Crippen LogP contribution in [0.15, 0.2) is 29.4 Å². The first kappa shape index (κ1) is 12.8. The summed E-state index contributed by atoms with van der Waals surface area (Å²) in [5.41, 5.74) is 1.58. The molecule has 1 rings (SSSR count). The number of alkyl halides is 1. The second kappa shape index (κ2) is 6.35. The zero-order valence-electron chi connectivity index (χ0n) is 8.54. The molecule has 0 saturated heterocycles. The van der Waals surface area contributed by atoms with E-state index in [0.717, 1.165) is 5.56 Å². The van der Waals surface area contributed by atoms with Gasteiger partial charge >= 0.3 is 6.09 Å². The molecule has 6 heteroatoms. The molecule has 0 unspecified atom stereocenters. The second-order valence-corrected chi connectivity index (χ2v) is 3.62. The van der Waals surface area contributed by atoms with Gasteiger partial charge in [0, 0.05) is 5.69 Å². The molecule has 0 aliphatic rings. The number of rotatable bonds is 3. The van der Waals surface area contributed by atoms with Crippen molar-refractivity contribution in [3.8, 4) is 0 Å². The summed E-state index contributed by atoms with van der Waals surface area (Å²) < 4.78 is 0. The lowest BCUT2D eigenvalue weighted by molar-refractivity contribution is 0.167. The van der Waals surface area contributed by atoms with Gasteiger partial charge in [-0.2, -0.15) is 0 Å². The Kier molecular flexibility index (Phi) is 5.08. The average Bonchev–Trinajstić information content (AvgIpc) is 2.29. The van der Waals surface area contributed by atoms with E-state index in [9.17, 15) is 4.79 Å². The van der Waals surface area contributed by atoms with Crippen LogP contribution >= 0.6 is 23.2 Å². The van der Waals surface area contributed by atoms with Crippen LogP contribution in [-0.4, -0.2) is 17.1 Å². The Bertz CT molecular complexity index is 408. The average molecular weight is 261 g/mol. The predicted octanol–water partition coefficient (Wildman–Crippen LogP) is 3.33. The first-order valence-corrected chi connectivity index (χ1v) is 5.36. The Morgan fingerprint density at radius 1 is 1.50 bits per heavy atom. The SMILES string of the molecule is Cc1ccccc1NC(=O)ON=C(Cl)CCl. The molecule has 0 bridgehead atoms. The first-order valence-electron chi connectivity index (χ1n) is 4.45. The van der Waals surface area contributed by atoms with Gasteiger partial charge in [-0.15, -0.1) is 11.6 Å². The maximum atomic E-state index is 11.2. The standard InChI is InChI=1S/C10H10Cl2N2O2/c1-7-4-2-3-5-8(7)13-10(15)16-14-9(12)6-11/h2-5H,6H2,1H3,(H,13,15). The van der Waals surface area contributed by atoms with Crippen LogP contribution < -0.4 is 5.32 Å². The number of nitrogens with one attached hydrogen (secondary N) is 1. The highest BCUT2D eigenvalue weighted by Crippen LogP contribution is 2.13. The molecule has 0 saturated carbocycles. The highest BCUT2D eigenvalue weighted by molar-refractivity contribution is 6.69. The molecular formula is C10H10Cl2N2O2. The van der Waals surface area contributed by atoms with Gasteiger partial charge in [0.1, 0.15) is 0 Å². The molecule has 1 aromatic rings. The van der Waals surface area contributed by atoms with Gasteiger partial charge in [0.2, 0.25) is 0 Å². The third-order valence-corrected chi connectivity index (χ3v) is 2.31. The van der Waals surface area contributed by atoms with Crippen LogP contribution in [0.25, 0.3) is 0 Å². The number of benzene rings is 1. The van der Waals surface area contributed by atoms with E-state index in [1.807, 2.05) is 19.1 Å². The zero-order valence-corrected chi connectivity index (χ0v) is 10.0. The number of halogens is 2. The normalized spacial score (nSPS) is 11.1. The zero-order chi connectivity index (χ0) is 12.0. The van der Waals surface area contributed by atoms with Gasteiger partial charge in [-0.1, -0.05) is 35.0 Å².